The van der Waals surface area contributed by atoms with Crippen LogP contribution in [0.5, 0.6) is 0 Å². The van der Waals surface area contributed by atoms with Crippen LogP contribution in [0.1, 0.15) is 43.2 Å². The third-order valence-electron chi connectivity index (χ3n) is 6.31. The van der Waals surface area contributed by atoms with Crippen LogP contribution in [0.3, 0.4) is 0 Å². The van der Waals surface area contributed by atoms with Gasteiger partial charge in [0.25, 0.3) is 0 Å². The van der Waals surface area contributed by atoms with Crippen molar-refractivity contribution in [1.29, 1.82) is 0 Å². The van der Waals surface area contributed by atoms with Crippen LogP contribution in [-0.2, 0) is 14.3 Å². The summed E-state index contributed by atoms with van der Waals surface area (Å²) in [5.74, 6) is -1.60. The number of hydrogen-bond donors (Lipinski definition) is 3. The monoisotopic (exact) mass is 436 g/mol. The second kappa shape index (κ2) is 9.42. The van der Waals surface area contributed by atoms with Gasteiger partial charge in [0.15, 0.2) is 0 Å². The Hall–Kier alpha value is -3.35. The molecule has 0 bridgehead atoms. The summed E-state index contributed by atoms with van der Waals surface area (Å²) in [6.45, 7) is 2.42. The van der Waals surface area contributed by atoms with Crippen molar-refractivity contribution in [3.05, 3.63) is 59.7 Å². The van der Waals surface area contributed by atoms with Crippen LogP contribution in [-0.4, -0.2) is 42.3 Å². The maximum Gasteiger partial charge on any atom is 0.407 e. The average Bonchev–Trinajstić information content (AvgIpc) is 3.51. The maximum atomic E-state index is 12.5. The molecule has 0 spiro atoms. The molecule has 0 saturated heterocycles. The molecule has 0 aliphatic heterocycles. The summed E-state index contributed by atoms with van der Waals surface area (Å²) < 4.78 is 5.55. The SMILES string of the molecule is CCCC(NC(=O)OCC1c2ccccc2-c2ccccc21)C(=O)NC[C@@H]1C[C@@H]1C(=O)O. The topological polar surface area (TPSA) is 105 Å². The number of aliphatic carboxylic acids is 1. The number of carboxylic acid groups (broad SMARTS) is 1. The van der Waals surface area contributed by atoms with E-state index in [1.165, 1.54) is 0 Å². The number of carboxylic acids is 1. The number of carbonyl (C=O) groups is 3. The summed E-state index contributed by atoms with van der Waals surface area (Å²) >= 11 is 0. The number of fused-ring (bicyclic) bond motifs is 3. The fourth-order valence-corrected chi connectivity index (χ4v) is 4.47. The third-order valence-corrected chi connectivity index (χ3v) is 6.31. The molecular formula is C25H28N2O5. The Morgan fingerprint density at radius 1 is 1.06 bits per heavy atom. The molecule has 1 saturated carbocycles. The molecule has 168 valence electrons. The quantitative estimate of drug-likeness (QED) is 0.558. The first-order valence-corrected chi connectivity index (χ1v) is 11.1. The predicted octanol–water partition coefficient (Wildman–Crippen LogP) is 3.53. The van der Waals surface area contributed by atoms with E-state index >= 15 is 0 Å². The number of hydrogen-bond acceptors (Lipinski definition) is 4. The molecule has 7 heteroatoms. The van der Waals surface area contributed by atoms with E-state index < -0.39 is 18.1 Å². The number of nitrogens with one attached hydrogen (secondary N) is 2. The van der Waals surface area contributed by atoms with Gasteiger partial charge in [0.1, 0.15) is 12.6 Å². The van der Waals surface area contributed by atoms with E-state index in [1.807, 2.05) is 31.2 Å². The number of ether oxygens (including phenoxy) is 1. The molecule has 1 unspecified atom stereocenters. The van der Waals surface area contributed by atoms with Gasteiger partial charge in [0.2, 0.25) is 5.91 Å². The molecule has 3 atom stereocenters. The van der Waals surface area contributed by atoms with Gasteiger partial charge >= 0.3 is 12.1 Å². The Balaban J connectivity index is 1.33. The minimum absolute atomic E-state index is 0.0341. The Morgan fingerprint density at radius 2 is 1.69 bits per heavy atom. The van der Waals surface area contributed by atoms with Crippen LogP contribution >= 0.6 is 0 Å². The highest BCUT2D eigenvalue weighted by molar-refractivity contribution is 5.86. The average molecular weight is 437 g/mol. The van der Waals surface area contributed by atoms with Gasteiger partial charge in [-0.25, -0.2) is 4.79 Å². The molecule has 0 radical (unpaired) electrons. The summed E-state index contributed by atoms with van der Waals surface area (Å²) in [5, 5.41) is 14.4. The van der Waals surface area contributed by atoms with Gasteiger partial charge < -0.3 is 20.5 Å². The fraction of sp³-hybridized carbons (Fsp3) is 0.400. The smallest absolute Gasteiger partial charge is 0.407 e. The van der Waals surface area contributed by atoms with E-state index in [1.54, 1.807) is 0 Å². The lowest BCUT2D eigenvalue weighted by Crippen LogP contribution is -2.47. The highest BCUT2D eigenvalue weighted by atomic mass is 16.5. The molecule has 32 heavy (non-hydrogen) atoms. The Kier molecular flexibility index (Phi) is 6.44. The molecule has 3 N–H and O–H groups in total. The van der Waals surface area contributed by atoms with Crippen LogP contribution in [0.2, 0.25) is 0 Å². The molecule has 2 aliphatic carbocycles. The highest BCUT2D eigenvalue weighted by Gasteiger charge is 2.43. The van der Waals surface area contributed by atoms with Crippen molar-refractivity contribution in [1.82, 2.24) is 10.6 Å². The van der Waals surface area contributed by atoms with Crippen molar-refractivity contribution in [3.8, 4) is 11.1 Å². The van der Waals surface area contributed by atoms with Crippen molar-refractivity contribution in [3.63, 3.8) is 0 Å². The van der Waals surface area contributed by atoms with Gasteiger partial charge in [0.05, 0.1) is 5.92 Å². The molecule has 2 aromatic rings. The van der Waals surface area contributed by atoms with E-state index in [4.69, 9.17) is 9.84 Å². The van der Waals surface area contributed by atoms with Gasteiger partial charge in [-0.3, -0.25) is 9.59 Å². The lowest BCUT2D eigenvalue weighted by atomic mass is 9.98. The van der Waals surface area contributed by atoms with Gasteiger partial charge in [-0.2, -0.15) is 0 Å². The Labute approximate surface area is 187 Å². The van der Waals surface area contributed by atoms with Gasteiger partial charge in [-0.15, -0.1) is 0 Å². The summed E-state index contributed by atoms with van der Waals surface area (Å²) in [7, 11) is 0. The van der Waals surface area contributed by atoms with E-state index in [2.05, 4.69) is 34.9 Å². The second-order valence-corrected chi connectivity index (χ2v) is 8.50. The first kappa shape index (κ1) is 21.9. The zero-order valence-corrected chi connectivity index (χ0v) is 18.0. The lowest BCUT2D eigenvalue weighted by molar-refractivity contribution is -0.139. The molecule has 0 aromatic heterocycles. The minimum atomic E-state index is -0.828. The van der Waals surface area contributed by atoms with Crippen molar-refractivity contribution in [2.24, 2.45) is 11.8 Å². The molecule has 7 nitrogen and oxygen atoms in total. The molecular weight excluding hydrogens is 408 g/mol. The van der Waals surface area contributed by atoms with Crippen LogP contribution in [0.25, 0.3) is 11.1 Å². The zero-order chi connectivity index (χ0) is 22.7. The fourth-order valence-electron chi connectivity index (χ4n) is 4.47. The zero-order valence-electron chi connectivity index (χ0n) is 18.0. The van der Waals surface area contributed by atoms with E-state index in [0.29, 0.717) is 25.8 Å². The van der Waals surface area contributed by atoms with Crippen LogP contribution in [0.15, 0.2) is 48.5 Å². The third kappa shape index (κ3) is 4.61. The summed E-state index contributed by atoms with van der Waals surface area (Å²) in [5.41, 5.74) is 4.56. The number of amides is 2. The summed E-state index contributed by atoms with van der Waals surface area (Å²) in [6, 6.07) is 15.5. The normalized spacial score (nSPS) is 19.4. The van der Waals surface area contributed by atoms with Gasteiger partial charge in [-0.05, 0) is 41.0 Å². The standard InChI is InChI=1S/C25H28N2O5/c1-2-7-22(23(28)26-13-15-12-20(15)24(29)30)27-25(31)32-14-21-18-10-5-3-8-16(18)17-9-4-6-11-19(17)21/h3-6,8-11,15,20-22H,2,7,12-14H2,1H3,(H,26,28)(H,27,31)(H,29,30)/t15-,20-,22?/m0/s1. The maximum absolute atomic E-state index is 12.5. The van der Waals surface area contributed by atoms with Crippen LogP contribution in [0.4, 0.5) is 4.79 Å². The molecule has 1 fully saturated rings. The molecule has 2 aliphatic rings. The van der Waals surface area contributed by atoms with Crippen molar-refractivity contribution >= 4 is 18.0 Å². The minimum Gasteiger partial charge on any atom is -0.481 e. The van der Waals surface area contributed by atoms with E-state index in [9.17, 15) is 14.4 Å². The van der Waals surface area contributed by atoms with E-state index in [0.717, 1.165) is 22.3 Å². The number of carbonyl (C=O) groups excluding carboxylic acids is 2. The highest BCUT2D eigenvalue weighted by Crippen LogP contribution is 2.44. The first-order chi connectivity index (χ1) is 15.5. The summed E-state index contributed by atoms with van der Waals surface area (Å²) in [6.07, 6.45) is 1.13. The van der Waals surface area contributed by atoms with E-state index in [-0.39, 0.29) is 30.3 Å². The van der Waals surface area contributed by atoms with Crippen LogP contribution < -0.4 is 10.6 Å². The predicted molar refractivity (Wildman–Crippen MR) is 119 cm³/mol. The lowest BCUT2D eigenvalue weighted by Gasteiger charge is -2.19. The molecule has 0 heterocycles. The Morgan fingerprint density at radius 3 is 2.25 bits per heavy atom. The molecule has 2 aromatic carbocycles. The first-order valence-electron chi connectivity index (χ1n) is 11.1. The van der Waals surface area contributed by atoms with Crippen molar-refractivity contribution < 1.29 is 24.2 Å². The van der Waals surface area contributed by atoms with Gasteiger partial charge in [0, 0.05) is 12.5 Å². The van der Waals surface area contributed by atoms with Crippen LogP contribution in [0, 0.1) is 11.8 Å². The second-order valence-electron chi connectivity index (χ2n) is 8.50. The molecule has 2 amide bonds. The summed E-state index contributed by atoms with van der Waals surface area (Å²) in [4.78, 5) is 36.0. The van der Waals surface area contributed by atoms with Gasteiger partial charge in [-0.1, -0.05) is 61.9 Å². The number of benzene rings is 2. The van der Waals surface area contributed by atoms with Crippen molar-refractivity contribution in [2.45, 2.75) is 38.1 Å². The Bertz CT molecular complexity index is 975. The number of rotatable bonds is 9. The van der Waals surface area contributed by atoms with Crippen molar-refractivity contribution in [2.75, 3.05) is 13.2 Å². The largest absolute Gasteiger partial charge is 0.481 e. The number of alkyl carbamates (subject to hydrolysis) is 1. The molecule has 4 rings (SSSR count).